The maximum atomic E-state index is 11.2. The normalized spacial score (nSPS) is 15.7. The summed E-state index contributed by atoms with van der Waals surface area (Å²) in [6.07, 6.45) is 1.36. The first-order valence-corrected chi connectivity index (χ1v) is 5.53. The van der Waals surface area contributed by atoms with Crippen LogP contribution in [0.1, 0.15) is 9.67 Å². The van der Waals surface area contributed by atoms with Crippen molar-refractivity contribution >= 4 is 34.3 Å². The van der Waals surface area contributed by atoms with Gasteiger partial charge in [0.2, 0.25) is 11.8 Å². The van der Waals surface area contributed by atoms with Crippen molar-refractivity contribution in [1.82, 2.24) is 10.3 Å². The summed E-state index contributed by atoms with van der Waals surface area (Å²) in [5, 5.41) is 2.64. The molecule has 8 heteroatoms. The number of amides is 2. The number of carbonyl (C=O) groups excluding carboxylic acids is 3. The standard InChI is InChI=1S/C9H9N3O4S/c1-16-8(15)5-2-10-9(17-5)12-3-6(13)11-7(14)4-12/h2H,3-4H2,1H3,(H,11,13,14). The van der Waals surface area contributed by atoms with E-state index in [1.807, 2.05) is 0 Å². The molecule has 0 bridgehead atoms. The number of carbonyl (C=O) groups is 3. The molecule has 0 aromatic carbocycles. The van der Waals surface area contributed by atoms with E-state index >= 15 is 0 Å². The van der Waals surface area contributed by atoms with Gasteiger partial charge >= 0.3 is 5.97 Å². The van der Waals surface area contributed by atoms with Crippen molar-refractivity contribution in [3.05, 3.63) is 11.1 Å². The first kappa shape index (κ1) is 11.5. The van der Waals surface area contributed by atoms with Crippen molar-refractivity contribution in [1.29, 1.82) is 0 Å². The zero-order valence-corrected chi connectivity index (χ0v) is 9.74. The summed E-state index contributed by atoms with van der Waals surface area (Å²) < 4.78 is 4.55. The lowest BCUT2D eigenvalue weighted by molar-refractivity contribution is -0.130. The monoisotopic (exact) mass is 255 g/mol. The van der Waals surface area contributed by atoms with Crippen LogP contribution < -0.4 is 10.2 Å². The summed E-state index contributed by atoms with van der Waals surface area (Å²) in [6.45, 7) is 0.111. The molecular formula is C9H9N3O4S. The number of hydrogen-bond donors (Lipinski definition) is 1. The minimum atomic E-state index is -0.485. The molecule has 1 aliphatic heterocycles. The molecular weight excluding hydrogens is 246 g/mol. The van der Waals surface area contributed by atoms with Gasteiger partial charge in [0.05, 0.1) is 13.3 Å². The second-order valence-corrected chi connectivity index (χ2v) is 4.34. The van der Waals surface area contributed by atoms with Crippen LogP contribution in [0.5, 0.6) is 0 Å². The van der Waals surface area contributed by atoms with Crippen LogP contribution in [-0.4, -0.2) is 43.0 Å². The highest BCUT2D eigenvalue weighted by molar-refractivity contribution is 7.17. The van der Waals surface area contributed by atoms with Crippen molar-refractivity contribution < 1.29 is 19.1 Å². The maximum absolute atomic E-state index is 11.2. The average Bonchev–Trinajstić information content (AvgIpc) is 2.76. The molecule has 2 amide bonds. The Morgan fingerprint density at radius 1 is 1.47 bits per heavy atom. The van der Waals surface area contributed by atoms with Gasteiger partial charge in [-0.1, -0.05) is 11.3 Å². The van der Waals surface area contributed by atoms with E-state index in [9.17, 15) is 14.4 Å². The highest BCUT2D eigenvalue weighted by atomic mass is 32.1. The van der Waals surface area contributed by atoms with E-state index in [4.69, 9.17) is 0 Å². The van der Waals surface area contributed by atoms with E-state index in [1.54, 1.807) is 0 Å². The summed E-state index contributed by atoms with van der Waals surface area (Å²) in [6, 6.07) is 0. The fourth-order valence-corrected chi connectivity index (χ4v) is 2.21. The summed E-state index contributed by atoms with van der Waals surface area (Å²) in [5.41, 5.74) is 0. The molecule has 0 radical (unpaired) electrons. The van der Waals surface area contributed by atoms with Gasteiger partial charge in [-0.25, -0.2) is 9.78 Å². The fraction of sp³-hybridized carbons (Fsp3) is 0.333. The molecule has 90 valence electrons. The summed E-state index contributed by atoms with van der Waals surface area (Å²) in [5.74, 6) is -1.24. The van der Waals surface area contributed by atoms with Crippen LogP contribution in [0.15, 0.2) is 6.20 Å². The number of thiazole rings is 1. The van der Waals surface area contributed by atoms with Gasteiger partial charge in [0.15, 0.2) is 5.13 Å². The first-order valence-electron chi connectivity index (χ1n) is 4.72. The number of piperazine rings is 1. The maximum Gasteiger partial charge on any atom is 0.349 e. The molecule has 0 aliphatic carbocycles. The highest BCUT2D eigenvalue weighted by Crippen LogP contribution is 2.23. The number of methoxy groups -OCH3 is 1. The van der Waals surface area contributed by atoms with E-state index < -0.39 is 5.97 Å². The third-order valence-electron chi connectivity index (χ3n) is 2.10. The van der Waals surface area contributed by atoms with Gasteiger partial charge in [-0.2, -0.15) is 0 Å². The number of aromatic nitrogens is 1. The van der Waals surface area contributed by atoms with E-state index in [2.05, 4.69) is 15.0 Å². The molecule has 0 spiro atoms. The predicted octanol–water partition coefficient (Wildman–Crippen LogP) is -0.608. The van der Waals surface area contributed by atoms with Crippen molar-refractivity contribution in [2.45, 2.75) is 0 Å². The molecule has 1 aromatic heterocycles. The highest BCUT2D eigenvalue weighted by Gasteiger charge is 2.25. The van der Waals surface area contributed by atoms with Gasteiger partial charge in [0.25, 0.3) is 0 Å². The summed E-state index contributed by atoms with van der Waals surface area (Å²) >= 11 is 1.08. The van der Waals surface area contributed by atoms with Gasteiger partial charge in [-0.05, 0) is 0 Å². The number of anilines is 1. The molecule has 0 atom stereocenters. The molecule has 0 unspecified atom stereocenters. The van der Waals surface area contributed by atoms with Crippen LogP contribution in [0.2, 0.25) is 0 Å². The molecule has 17 heavy (non-hydrogen) atoms. The van der Waals surface area contributed by atoms with Crippen LogP contribution in [0.3, 0.4) is 0 Å². The summed E-state index contributed by atoms with van der Waals surface area (Å²) in [7, 11) is 1.28. The molecule has 1 aromatic rings. The number of esters is 1. The molecule has 1 fully saturated rings. The Hall–Kier alpha value is -1.96. The second-order valence-electron chi connectivity index (χ2n) is 3.33. The topological polar surface area (TPSA) is 88.6 Å². The Bertz CT molecular complexity index is 468. The lowest BCUT2D eigenvalue weighted by Crippen LogP contribution is -2.51. The van der Waals surface area contributed by atoms with Crippen molar-refractivity contribution in [2.24, 2.45) is 0 Å². The van der Waals surface area contributed by atoms with Crippen molar-refractivity contribution in [3.63, 3.8) is 0 Å². The Balaban J connectivity index is 2.17. The van der Waals surface area contributed by atoms with Gasteiger partial charge in [0, 0.05) is 0 Å². The van der Waals surface area contributed by atoms with E-state index in [1.165, 1.54) is 18.2 Å². The van der Waals surface area contributed by atoms with Gasteiger partial charge in [0.1, 0.15) is 18.0 Å². The first-order chi connectivity index (χ1) is 8.10. The average molecular weight is 255 g/mol. The molecule has 2 rings (SSSR count). The van der Waals surface area contributed by atoms with Crippen LogP contribution in [0.4, 0.5) is 5.13 Å². The zero-order valence-electron chi connectivity index (χ0n) is 8.93. The van der Waals surface area contributed by atoms with Crippen LogP contribution >= 0.6 is 11.3 Å². The number of nitrogens with one attached hydrogen (secondary N) is 1. The molecule has 1 aliphatic rings. The smallest absolute Gasteiger partial charge is 0.349 e. The number of hydrogen-bond acceptors (Lipinski definition) is 7. The van der Waals surface area contributed by atoms with Gasteiger partial charge in [-0.3, -0.25) is 14.9 Å². The van der Waals surface area contributed by atoms with E-state index in [0.717, 1.165) is 11.3 Å². The van der Waals surface area contributed by atoms with Crippen molar-refractivity contribution in [2.75, 3.05) is 25.1 Å². The lowest BCUT2D eigenvalue weighted by Gasteiger charge is -2.24. The SMILES string of the molecule is COC(=O)c1cnc(N2CC(=O)NC(=O)C2)s1. The number of imide groups is 1. The second kappa shape index (κ2) is 4.50. The van der Waals surface area contributed by atoms with Crippen LogP contribution in [-0.2, 0) is 14.3 Å². The Morgan fingerprint density at radius 3 is 2.71 bits per heavy atom. The predicted molar refractivity (Wildman–Crippen MR) is 58.8 cm³/mol. The van der Waals surface area contributed by atoms with E-state index in [-0.39, 0.29) is 24.9 Å². The molecule has 2 heterocycles. The van der Waals surface area contributed by atoms with Crippen LogP contribution in [0, 0.1) is 0 Å². The molecule has 1 N–H and O–H groups in total. The zero-order chi connectivity index (χ0) is 12.4. The lowest BCUT2D eigenvalue weighted by atomic mass is 10.4. The fourth-order valence-electron chi connectivity index (χ4n) is 1.38. The third-order valence-corrected chi connectivity index (χ3v) is 3.14. The molecule has 7 nitrogen and oxygen atoms in total. The quantitative estimate of drug-likeness (QED) is 0.560. The minimum Gasteiger partial charge on any atom is -0.465 e. The van der Waals surface area contributed by atoms with E-state index in [0.29, 0.717) is 10.0 Å². The Kier molecular flexibility index (Phi) is 3.05. The molecule has 1 saturated heterocycles. The van der Waals surface area contributed by atoms with Crippen LogP contribution in [0.25, 0.3) is 0 Å². The molecule has 0 saturated carbocycles. The number of nitrogens with zero attached hydrogens (tertiary/aromatic N) is 2. The van der Waals surface area contributed by atoms with Gasteiger partial charge < -0.3 is 9.64 Å². The Morgan fingerprint density at radius 2 is 2.12 bits per heavy atom. The number of ether oxygens (including phenoxy) is 1. The summed E-state index contributed by atoms with van der Waals surface area (Å²) in [4.78, 5) is 39.4. The Labute approximate surface area is 100 Å². The van der Waals surface area contributed by atoms with Gasteiger partial charge in [-0.15, -0.1) is 0 Å². The largest absolute Gasteiger partial charge is 0.465 e. The minimum absolute atomic E-state index is 0.0554. The number of rotatable bonds is 2. The third kappa shape index (κ3) is 2.41. The van der Waals surface area contributed by atoms with Crippen molar-refractivity contribution in [3.8, 4) is 0 Å².